The second-order valence-electron chi connectivity index (χ2n) is 12.2. The van der Waals surface area contributed by atoms with Gasteiger partial charge in [-0.1, -0.05) is 127 Å². The van der Waals surface area contributed by atoms with Crippen LogP contribution < -0.4 is 15.9 Å². The first kappa shape index (κ1) is 25.1. The van der Waals surface area contributed by atoms with E-state index in [1.54, 1.807) is 0 Å². The zero-order valence-electron chi connectivity index (χ0n) is 24.4. The molecular weight excluding hydrogens is 567 g/mol. The molecule has 0 bridgehead atoms. The first-order valence-electron chi connectivity index (χ1n) is 15.5. The summed E-state index contributed by atoms with van der Waals surface area (Å²) in [4.78, 5) is 5.18. The largest absolute Gasteiger partial charge is 0.308 e. The van der Waals surface area contributed by atoms with Crippen LogP contribution in [-0.2, 0) is 4.57 Å². The van der Waals surface area contributed by atoms with Crippen molar-refractivity contribution in [2.75, 3.05) is 0 Å². The van der Waals surface area contributed by atoms with Crippen molar-refractivity contribution in [2.24, 2.45) is 5.92 Å². The molecule has 0 spiro atoms. The smallest absolute Gasteiger partial charge is 0.175 e. The molecule has 0 saturated heterocycles. The summed E-state index contributed by atoms with van der Waals surface area (Å²) in [6, 6.07) is 33.0. The minimum atomic E-state index is -3.35. The molecule has 5 aromatic rings. The van der Waals surface area contributed by atoms with Gasteiger partial charge in [0.05, 0.1) is 22.0 Å². The quantitative estimate of drug-likeness (QED) is 0.193. The van der Waals surface area contributed by atoms with Crippen LogP contribution in [0.2, 0.25) is 0 Å². The fourth-order valence-electron chi connectivity index (χ4n) is 8.03. The Bertz CT molecular complexity index is 2410. The number of hydrogen-bond donors (Lipinski definition) is 0. The molecule has 0 radical (unpaired) electrons. The molecule has 0 fully saturated rings. The molecule has 45 heavy (non-hydrogen) atoms. The van der Waals surface area contributed by atoms with E-state index in [1.807, 2.05) is 48.5 Å². The first-order valence-corrected chi connectivity index (χ1v) is 17.2. The van der Waals surface area contributed by atoms with Crippen LogP contribution in [0.5, 0.6) is 0 Å². The van der Waals surface area contributed by atoms with Gasteiger partial charge in [0.2, 0.25) is 0 Å². The van der Waals surface area contributed by atoms with E-state index in [2.05, 4.69) is 102 Å². The van der Waals surface area contributed by atoms with Crippen molar-refractivity contribution >= 4 is 39.7 Å². The Labute approximate surface area is 261 Å². The van der Waals surface area contributed by atoms with Crippen LogP contribution in [0.1, 0.15) is 12.0 Å². The third-order valence-corrected chi connectivity index (χ3v) is 13.0. The van der Waals surface area contributed by atoms with Crippen LogP contribution in [0.15, 0.2) is 174 Å². The third kappa shape index (κ3) is 3.31. The average Bonchev–Trinajstić information content (AvgIpc) is 3.50. The van der Waals surface area contributed by atoms with E-state index in [1.165, 1.54) is 27.9 Å². The van der Waals surface area contributed by atoms with E-state index in [0.717, 1.165) is 61.6 Å². The summed E-state index contributed by atoms with van der Waals surface area (Å²) in [5.74, 6) is 1.04. The normalized spacial score (nSPS) is 21.9. The van der Waals surface area contributed by atoms with Gasteiger partial charge in [-0.25, -0.2) is 4.98 Å². The molecule has 4 heteroatoms. The van der Waals surface area contributed by atoms with Crippen LogP contribution in [-0.4, -0.2) is 9.55 Å². The molecule has 10 rings (SSSR count). The van der Waals surface area contributed by atoms with Crippen LogP contribution in [0.3, 0.4) is 0 Å². The summed E-state index contributed by atoms with van der Waals surface area (Å²) in [5, 5.41) is 2.58. The van der Waals surface area contributed by atoms with E-state index in [-0.39, 0.29) is 5.92 Å². The Kier molecular flexibility index (Phi) is 5.10. The van der Waals surface area contributed by atoms with Crippen molar-refractivity contribution in [3.05, 3.63) is 179 Å². The van der Waals surface area contributed by atoms with Crippen molar-refractivity contribution in [3.63, 3.8) is 0 Å². The lowest BCUT2D eigenvalue weighted by Gasteiger charge is -2.38. The van der Waals surface area contributed by atoms with Crippen molar-refractivity contribution in [1.82, 2.24) is 9.55 Å². The molecule has 5 aliphatic rings. The predicted octanol–water partition coefficient (Wildman–Crippen LogP) is 8.28. The third-order valence-electron chi connectivity index (χ3n) is 9.88. The van der Waals surface area contributed by atoms with Gasteiger partial charge in [-0.05, 0) is 63.6 Å². The van der Waals surface area contributed by atoms with Gasteiger partial charge in [-0.2, -0.15) is 0 Å². The SMILES string of the molecule is O=P1(c2ccccc2)c2c(C3=C4C=CC=C5C=CC6=C(C(=C3)CC=C6)C54)cccc2-n2c(-c3ccccc3)nc3cccc1c32. The number of rotatable bonds is 3. The number of fused-ring (bicyclic) bond motifs is 2. The Morgan fingerprint density at radius 3 is 2.49 bits per heavy atom. The highest BCUT2D eigenvalue weighted by atomic mass is 31.2. The van der Waals surface area contributed by atoms with Gasteiger partial charge >= 0.3 is 0 Å². The number of hydrogen-bond acceptors (Lipinski definition) is 2. The zero-order chi connectivity index (χ0) is 29.7. The maximum atomic E-state index is 16.3. The average molecular weight is 595 g/mol. The van der Waals surface area contributed by atoms with Gasteiger partial charge < -0.3 is 4.57 Å². The van der Waals surface area contributed by atoms with Crippen molar-refractivity contribution in [2.45, 2.75) is 6.42 Å². The summed E-state index contributed by atoms with van der Waals surface area (Å²) in [6.45, 7) is 0. The molecule has 0 amide bonds. The Hall–Kier alpha value is -5.24. The molecule has 4 aliphatic carbocycles. The van der Waals surface area contributed by atoms with Crippen molar-refractivity contribution < 1.29 is 4.57 Å². The summed E-state index contributed by atoms with van der Waals surface area (Å²) >= 11 is 0. The van der Waals surface area contributed by atoms with Crippen LogP contribution in [0.25, 0.3) is 33.7 Å². The number of imidazole rings is 1. The summed E-state index contributed by atoms with van der Waals surface area (Å²) in [6.07, 6.45) is 19.0. The maximum Gasteiger partial charge on any atom is 0.175 e. The minimum absolute atomic E-state index is 0.178. The zero-order valence-corrected chi connectivity index (χ0v) is 25.3. The van der Waals surface area contributed by atoms with Gasteiger partial charge in [-0.15, -0.1) is 0 Å². The summed E-state index contributed by atoms with van der Waals surface area (Å²) in [7, 11) is -3.35. The Morgan fingerprint density at radius 2 is 1.62 bits per heavy atom. The van der Waals surface area contributed by atoms with Crippen molar-refractivity contribution in [1.29, 1.82) is 0 Å². The number of allylic oxidation sites excluding steroid dienone is 14. The van der Waals surface area contributed by atoms with Gasteiger partial charge in [0.25, 0.3) is 0 Å². The fraction of sp³-hybridized carbons (Fsp3) is 0.0488. The van der Waals surface area contributed by atoms with Crippen LogP contribution >= 0.6 is 7.14 Å². The lowest BCUT2D eigenvalue weighted by molar-refractivity contribution is 0.592. The summed E-state index contributed by atoms with van der Waals surface area (Å²) in [5.41, 5.74) is 12.6. The molecule has 2 atom stereocenters. The molecule has 3 nitrogen and oxygen atoms in total. The van der Waals surface area contributed by atoms with Crippen LogP contribution in [0.4, 0.5) is 0 Å². The Morgan fingerprint density at radius 1 is 0.800 bits per heavy atom. The predicted molar refractivity (Wildman–Crippen MR) is 185 cm³/mol. The molecule has 0 saturated carbocycles. The molecular formula is C41H27N2OP. The molecule has 2 heterocycles. The van der Waals surface area contributed by atoms with Gasteiger partial charge in [0, 0.05) is 22.1 Å². The molecule has 1 aliphatic heterocycles. The molecule has 4 aromatic carbocycles. The lowest BCUT2D eigenvalue weighted by Crippen LogP contribution is -2.35. The number of para-hydroxylation sites is 1. The molecule has 0 N–H and O–H groups in total. The van der Waals surface area contributed by atoms with Crippen molar-refractivity contribution in [3.8, 4) is 17.1 Å². The number of nitrogens with zero attached hydrogens (tertiary/aromatic N) is 2. The first-order chi connectivity index (χ1) is 22.2. The lowest BCUT2D eigenvalue weighted by atomic mass is 9.66. The summed E-state index contributed by atoms with van der Waals surface area (Å²) < 4.78 is 18.6. The number of benzene rings is 4. The fourth-order valence-corrected chi connectivity index (χ4v) is 11.2. The van der Waals surface area contributed by atoms with Gasteiger partial charge in [0.15, 0.2) is 7.14 Å². The Balaban J connectivity index is 1.35. The maximum absolute atomic E-state index is 16.3. The molecule has 1 aromatic heterocycles. The monoisotopic (exact) mass is 594 g/mol. The van der Waals surface area contributed by atoms with E-state index in [4.69, 9.17) is 4.98 Å². The molecule has 2 unspecified atom stereocenters. The van der Waals surface area contributed by atoms with E-state index in [9.17, 15) is 0 Å². The van der Waals surface area contributed by atoms with E-state index >= 15 is 4.57 Å². The van der Waals surface area contributed by atoms with Gasteiger partial charge in [0.1, 0.15) is 5.82 Å². The van der Waals surface area contributed by atoms with E-state index < -0.39 is 7.14 Å². The van der Waals surface area contributed by atoms with Gasteiger partial charge in [-0.3, -0.25) is 4.57 Å². The highest BCUT2D eigenvalue weighted by Gasteiger charge is 2.43. The second-order valence-corrected chi connectivity index (χ2v) is 14.9. The number of aromatic nitrogens is 2. The minimum Gasteiger partial charge on any atom is -0.308 e. The van der Waals surface area contributed by atoms with E-state index in [0.29, 0.717) is 0 Å². The van der Waals surface area contributed by atoms with Crippen LogP contribution in [0, 0.1) is 5.92 Å². The second kappa shape index (κ2) is 9.14. The highest BCUT2D eigenvalue weighted by Crippen LogP contribution is 2.55. The standard InChI is InChI=1S/C41H27N2OP/c44-45(30-16-5-2-6-17-30)36-22-10-20-34-39(36)43(41(42-34)28-11-3-1-4-12-28)35-21-9-19-32(40(35)45)33-25-29-15-7-13-26-23-24-27-14-8-18-31(33)38(27)37(26)29/h1-14,16-25,38H,15H2. The topological polar surface area (TPSA) is 34.9 Å². The highest BCUT2D eigenvalue weighted by molar-refractivity contribution is 7.86. The molecule has 212 valence electrons.